The third kappa shape index (κ3) is 5.09. The van der Waals surface area contributed by atoms with E-state index in [9.17, 15) is 19.1 Å². The van der Waals surface area contributed by atoms with Crippen molar-refractivity contribution in [3.8, 4) is 6.07 Å². The summed E-state index contributed by atoms with van der Waals surface area (Å²) in [6, 6.07) is 20.6. The van der Waals surface area contributed by atoms with Gasteiger partial charge < -0.3 is 5.11 Å². The molecule has 1 aliphatic heterocycles. The number of halogens is 3. The molecular weight excluding hydrogens is 442 g/mol. The topological polar surface area (TPSA) is 47.3 Å². The van der Waals surface area contributed by atoms with E-state index in [2.05, 4.69) is 11.0 Å². The highest BCUT2D eigenvalue weighted by Crippen LogP contribution is 2.44. The second-order valence-corrected chi connectivity index (χ2v) is 9.68. The summed E-state index contributed by atoms with van der Waals surface area (Å²) in [7, 11) is 0. The Kier molecular flexibility index (Phi) is 6.54. The Morgan fingerprint density at radius 3 is 2.18 bits per heavy atom. The number of aliphatic hydroxyl groups is 1. The molecule has 0 amide bonds. The van der Waals surface area contributed by atoms with E-state index in [1.807, 2.05) is 42.5 Å². The third-order valence-electron chi connectivity index (χ3n) is 6.30. The van der Waals surface area contributed by atoms with Crippen molar-refractivity contribution in [2.24, 2.45) is 5.92 Å². The van der Waals surface area contributed by atoms with Gasteiger partial charge in [0, 0.05) is 30.1 Å². The molecule has 0 spiro atoms. The van der Waals surface area contributed by atoms with E-state index in [1.165, 1.54) is 12.1 Å². The Balaban J connectivity index is 1.65. The van der Waals surface area contributed by atoms with Gasteiger partial charge in [-0.2, -0.15) is 5.26 Å². The molecular formula is C27H25ClF2N2O. The van der Waals surface area contributed by atoms with Crippen LogP contribution in [-0.4, -0.2) is 28.7 Å². The standard InChI is InChI=1S/C27H25ClF2N2O/c1-27(2,33)25(20-11-23(29)13-24(30)12-20)21-15-32(16-21)26(18-6-8-22(28)9-7-18)19-5-3-4-17(10-19)14-31/h3-13,21,25-26,33H,15-16H2,1-2H3/t25-,26?/m0/s1. The minimum atomic E-state index is -1.16. The molecule has 3 aromatic rings. The quantitative estimate of drug-likeness (QED) is 0.480. The van der Waals surface area contributed by atoms with Gasteiger partial charge in [0.2, 0.25) is 0 Å². The van der Waals surface area contributed by atoms with Crippen molar-refractivity contribution in [2.45, 2.75) is 31.4 Å². The van der Waals surface area contributed by atoms with Crippen LogP contribution in [0, 0.1) is 28.9 Å². The zero-order valence-electron chi connectivity index (χ0n) is 18.5. The van der Waals surface area contributed by atoms with Crippen LogP contribution in [0.15, 0.2) is 66.7 Å². The number of hydrogen-bond acceptors (Lipinski definition) is 3. The third-order valence-corrected chi connectivity index (χ3v) is 6.55. The van der Waals surface area contributed by atoms with Crippen LogP contribution in [-0.2, 0) is 0 Å². The van der Waals surface area contributed by atoms with Crippen molar-refractivity contribution in [2.75, 3.05) is 13.1 Å². The predicted molar refractivity (Wildman–Crippen MR) is 125 cm³/mol. The van der Waals surface area contributed by atoms with Gasteiger partial charge >= 0.3 is 0 Å². The largest absolute Gasteiger partial charge is 0.390 e. The Morgan fingerprint density at radius 1 is 0.970 bits per heavy atom. The molecule has 0 aromatic heterocycles. The van der Waals surface area contributed by atoms with Gasteiger partial charge in [0.15, 0.2) is 0 Å². The van der Waals surface area contributed by atoms with Crippen molar-refractivity contribution in [1.82, 2.24) is 4.90 Å². The molecule has 1 N–H and O–H groups in total. The minimum absolute atomic E-state index is 0.000139. The summed E-state index contributed by atoms with van der Waals surface area (Å²) in [6.45, 7) is 4.60. The smallest absolute Gasteiger partial charge is 0.126 e. The van der Waals surface area contributed by atoms with Gasteiger partial charge in [-0.05, 0) is 72.9 Å². The zero-order valence-corrected chi connectivity index (χ0v) is 19.2. The molecule has 0 bridgehead atoms. The average Bonchev–Trinajstić information content (AvgIpc) is 2.72. The van der Waals surface area contributed by atoms with Gasteiger partial charge in [0.05, 0.1) is 23.3 Å². The fourth-order valence-corrected chi connectivity index (χ4v) is 5.15. The molecule has 0 aliphatic carbocycles. The molecule has 6 heteroatoms. The zero-order chi connectivity index (χ0) is 23.8. The second-order valence-electron chi connectivity index (χ2n) is 9.24. The summed E-state index contributed by atoms with van der Waals surface area (Å²) >= 11 is 6.10. The predicted octanol–water partition coefficient (Wildman–Crippen LogP) is 6.07. The van der Waals surface area contributed by atoms with Crippen molar-refractivity contribution >= 4 is 11.6 Å². The van der Waals surface area contributed by atoms with Gasteiger partial charge in [-0.3, -0.25) is 4.90 Å². The van der Waals surface area contributed by atoms with Gasteiger partial charge in [-0.15, -0.1) is 0 Å². The number of rotatable bonds is 6. The molecule has 1 heterocycles. The number of hydrogen-bond donors (Lipinski definition) is 1. The van der Waals surface area contributed by atoms with Crippen LogP contribution in [0.1, 0.15) is 48.1 Å². The lowest BCUT2D eigenvalue weighted by Gasteiger charge is -2.50. The number of nitrogens with zero attached hydrogens (tertiary/aromatic N) is 2. The summed E-state index contributed by atoms with van der Waals surface area (Å²) < 4.78 is 27.9. The summed E-state index contributed by atoms with van der Waals surface area (Å²) in [5.41, 5.74) is 1.89. The number of nitriles is 1. The highest BCUT2D eigenvalue weighted by molar-refractivity contribution is 6.30. The van der Waals surface area contributed by atoms with Crippen molar-refractivity contribution in [3.05, 3.63) is 106 Å². The minimum Gasteiger partial charge on any atom is -0.390 e. The molecule has 0 saturated carbocycles. The average molecular weight is 467 g/mol. The molecule has 3 nitrogen and oxygen atoms in total. The van der Waals surface area contributed by atoms with Gasteiger partial charge in [0.1, 0.15) is 11.6 Å². The molecule has 33 heavy (non-hydrogen) atoms. The highest BCUT2D eigenvalue weighted by Gasteiger charge is 2.44. The summed E-state index contributed by atoms with van der Waals surface area (Å²) in [4.78, 5) is 2.25. The van der Waals surface area contributed by atoms with Crippen LogP contribution < -0.4 is 0 Å². The van der Waals surface area contributed by atoms with E-state index in [0.717, 1.165) is 17.2 Å². The van der Waals surface area contributed by atoms with E-state index in [1.54, 1.807) is 19.9 Å². The fraction of sp³-hybridized carbons (Fsp3) is 0.296. The fourth-order valence-electron chi connectivity index (χ4n) is 5.02. The van der Waals surface area contributed by atoms with Crippen LogP contribution in [0.5, 0.6) is 0 Å². The summed E-state index contributed by atoms with van der Waals surface area (Å²) in [5, 5.41) is 20.9. The van der Waals surface area contributed by atoms with Crippen LogP contribution in [0.2, 0.25) is 5.02 Å². The Bertz CT molecular complexity index is 1160. The monoisotopic (exact) mass is 466 g/mol. The van der Waals surface area contributed by atoms with Gasteiger partial charge in [-0.25, -0.2) is 8.78 Å². The van der Waals surface area contributed by atoms with E-state index >= 15 is 0 Å². The highest BCUT2D eigenvalue weighted by atomic mass is 35.5. The van der Waals surface area contributed by atoms with Crippen molar-refractivity contribution in [1.29, 1.82) is 5.26 Å². The Hall–Kier alpha value is -2.78. The molecule has 1 saturated heterocycles. The summed E-state index contributed by atoms with van der Waals surface area (Å²) in [5.74, 6) is -1.74. The van der Waals surface area contributed by atoms with E-state index in [0.29, 0.717) is 29.2 Å². The second kappa shape index (κ2) is 9.23. The first-order valence-electron chi connectivity index (χ1n) is 10.8. The lowest BCUT2D eigenvalue weighted by atomic mass is 9.71. The maximum atomic E-state index is 13.9. The molecule has 170 valence electrons. The van der Waals surface area contributed by atoms with Crippen molar-refractivity contribution in [3.63, 3.8) is 0 Å². The van der Waals surface area contributed by atoms with E-state index in [4.69, 9.17) is 11.6 Å². The van der Waals surface area contributed by atoms with E-state index < -0.39 is 23.2 Å². The maximum Gasteiger partial charge on any atom is 0.126 e. The van der Waals surface area contributed by atoms with Crippen LogP contribution >= 0.6 is 11.6 Å². The molecule has 4 rings (SSSR count). The molecule has 1 fully saturated rings. The normalized spacial score (nSPS) is 16.6. The first-order chi connectivity index (χ1) is 15.7. The SMILES string of the molecule is CC(C)(O)[C@@H](c1cc(F)cc(F)c1)C1CN(C(c2ccc(Cl)cc2)c2cccc(C#N)c2)C1. The molecule has 0 radical (unpaired) electrons. The first kappa shape index (κ1) is 23.4. The van der Waals surface area contributed by atoms with Crippen molar-refractivity contribution < 1.29 is 13.9 Å². The lowest BCUT2D eigenvalue weighted by Crippen LogP contribution is -2.54. The molecule has 3 aromatic carbocycles. The Labute approximate surface area is 197 Å². The lowest BCUT2D eigenvalue weighted by molar-refractivity contribution is -0.0309. The Morgan fingerprint density at radius 2 is 1.61 bits per heavy atom. The molecule has 1 unspecified atom stereocenters. The van der Waals surface area contributed by atoms with Crippen LogP contribution in [0.4, 0.5) is 8.78 Å². The van der Waals surface area contributed by atoms with Gasteiger partial charge in [-0.1, -0.05) is 35.9 Å². The van der Waals surface area contributed by atoms with Crippen LogP contribution in [0.25, 0.3) is 0 Å². The molecule has 2 atom stereocenters. The van der Waals surface area contributed by atoms with E-state index in [-0.39, 0.29) is 12.0 Å². The van der Waals surface area contributed by atoms with Gasteiger partial charge in [0.25, 0.3) is 0 Å². The summed E-state index contributed by atoms with van der Waals surface area (Å²) in [6.07, 6.45) is 0. The maximum absolute atomic E-state index is 13.9. The first-order valence-corrected chi connectivity index (χ1v) is 11.2. The van der Waals surface area contributed by atoms with Crippen LogP contribution in [0.3, 0.4) is 0 Å². The molecule has 1 aliphatic rings. The number of likely N-dealkylation sites (tertiary alicyclic amines) is 1. The number of benzene rings is 3.